The smallest absolute Gasteiger partial charge is 0.341 e. The molecular formula is C13H13NO3. The molecule has 0 aliphatic rings. The van der Waals surface area contributed by atoms with E-state index in [1.54, 1.807) is 6.07 Å². The number of aromatic carboxylic acids is 1. The van der Waals surface area contributed by atoms with Crippen LogP contribution in [0.1, 0.15) is 35.7 Å². The van der Waals surface area contributed by atoms with E-state index in [-0.39, 0.29) is 5.56 Å². The van der Waals surface area contributed by atoms with Gasteiger partial charge in [0.2, 0.25) is 0 Å². The zero-order valence-electron chi connectivity index (χ0n) is 9.65. The molecule has 0 bridgehead atoms. The topological polar surface area (TPSA) is 70.2 Å². The van der Waals surface area contributed by atoms with Gasteiger partial charge in [0.05, 0.1) is 0 Å². The van der Waals surface area contributed by atoms with Crippen LogP contribution in [-0.2, 0) is 0 Å². The number of carbonyl (C=O) groups is 1. The first kappa shape index (κ1) is 11.4. The highest BCUT2D eigenvalue weighted by atomic mass is 16.4. The van der Waals surface area contributed by atoms with Crippen LogP contribution in [-0.4, -0.2) is 16.1 Å². The van der Waals surface area contributed by atoms with Crippen LogP contribution in [0.2, 0.25) is 0 Å². The number of hydrogen-bond donors (Lipinski definition) is 2. The number of carboxylic acid groups (broad SMARTS) is 1. The van der Waals surface area contributed by atoms with Gasteiger partial charge >= 0.3 is 5.97 Å². The van der Waals surface area contributed by atoms with E-state index in [4.69, 9.17) is 5.11 Å². The number of rotatable bonds is 2. The van der Waals surface area contributed by atoms with Crippen molar-refractivity contribution in [3.63, 3.8) is 0 Å². The summed E-state index contributed by atoms with van der Waals surface area (Å²) in [6, 6.07) is 7.06. The molecule has 1 aromatic carbocycles. The van der Waals surface area contributed by atoms with Crippen molar-refractivity contribution in [3.05, 3.63) is 45.7 Å². The number of H-pyrrole nitrogens is 1. The van der Waals surface area contributed by atoms with Gasteiger partial charge < -0.3 is 10.1 Å². The van der Waals surface area contributed by atoms with Crippen molar-refractivity contribution in [1.82, 2.24) is 4.98 Å². The maximum atomic E-state index is 11.5. The molecule has 2 rings (SSSR count). The molecule has 4 heteroatoms. The molecule has 17 heavy (non-hydrogen) atoms. The third-order valence-electron chi connectivity index (χ3n) is 2.77. The number of hydrogen-bond acceptors (Lipinski definition) is 2. The summed E-state index contributed by atoms with van der Waals surface area (Å²) in [5.41, 5.74) is 0.978. The van der Waals surface area contributed by atoms with Gasteiger partial charge in [0, 0.05) is 5.52 Å². The van der Waals surface area contributed by atoms with Crippen molar-refractivity contribution in [2.45, 2.75) is 19.8 Å². The molecule has 0 amide bonds. The van der Waals surface area contributed by atoms with Gasteiger partial charge in [-0.1, -0.05) is 19.9 Å². The Balaban J connectivity index is 2.72. The molecule has 0 saturated carbocycles. The third-order valence-corrected chi connectivity index (χ3v) is 2.77. The van der Waals surface area contributed by atoms with Crippen LogP contribution in [0, 0.1) is 0 Å². The second-order valence-electron chi connectivity index (χ2n) is 4.32. The molecule has 1 aromatic heterocycles. The number of aromatic amines is 1. The maximum Gasteiger partial charge on any atom is 0.341 e. The van der Waals surface area contributed by atoms with Crippen LogP contribution in [0.15, 0.2) is 29.1 Å². The van der Waals surface area contributed by atoms with Crippen LogP contribution < -0.4 is 5.56 Å². The summed E-state index contributed by atoms with van der Waals surface area (Å²) in [5, 5.41) is 9.63. The van der Waals surface area contributed by atoms with Crippen molar-refractivity contribution in [3.8, 4) is 0 Å². The summed E-state index contributed by atoms with van der Waals surface area (Å²) in [6.07, 6.45) is 0. The molecule has 0 spiro atoms. The summed E-state index contributed by atoms with van der Waals surface area (Å²) in [6.45, 7) is 4.12. The van der Waals surface area contributed by atoms with E-state index in [1.807, 2.05) is 12.1 Å². The van der Waals surface area contributed by atoms with Crippen molar-refractivity contribution >= 4 is 16.9 Å². The van der Waals surface area contributed by atoms with E-state index in [2.05, 4.69) is 18.8 Å². The monoisotopic (exact) mass is 231 g/mol. The van der Waals surface area contributed by atoms with Crippen LogP contribution in [0.4, 0.5) is 0 Å². The Morgan fingerprint density at radius 3 is 2.59 bits per heavy atom. The number of pyridine rings is 1. The van der Waals surface area contributed by atoms with Gasteiger partial charge in [-0.2, -0.15) is 0 Å². The molecule has 0 unspecified atom stereocenters. The van der Waals surface area contributed by atoms with Crippen LogP contribution >= 0.6 is 0 Å². The minimum Gasteiger partial charge on any atom is -0.477 e. The molecule has 88 valence electrons. The van der Waals surface area contributed by atoms with Crippen molar-refractivity contribution in [2.24, 2.45) is 0 Å². The fourth-order valence-corrected chi connectivity index (χ4v) is 1.74. The molecule has 4 nitrogen and oxygen atoms in total. The highest BCUT2D eigenvalue weighted by Crippen LogP contribution is 2.19. The van der Waals surface area contributed by atoms with Crippen molar-refractivity contribution in [1.29, 1.82) is 0 Å². The Labute approximate surface area is 97.9 Å². The van der Waals surface area contributed by atoms with Crippen LogP contribution in [0.25, 0.3) is 10.9 Å². The summed E-state index contributed by atoms with van der Waals surface area (Å²) in [4.78, 5) is 24.9. The number of carboxylic acids is 1. The normalized spacial score (nSPS) is 11.0. The SMILES string of the molecule is CC(C)c1ccc2[nH]c(=O)c(C(=O)O)cc2c1. The summed E-state index contributed by atoms with van der Waals surface area (Å²) >= 11 is 0. The van der Waals surface area contributed by atoms with Gasteiger partial charge in [-0.05, 0) is 35.1 Å². The highest BCUT2D eigenvalue weighted by Gasteiger charge is 2.10. The summed E-state index contributed by atoms with van der Waals surface area (Å²) in [7, 11) is 0. The van der Waals surface area contributed by atoms with E-state index >= 15 is 0 Å². The highest BCUT2D eigenvalue weighted by molar-refractivity contribution is 5.92. The number of aromatic nitrogens is 1. The lowest BCUT2D eigenvalue weighted by atomic mass is 10.0. The third kappa shape index (κ3) is 2.06. The number of fused-ring (bicyclic) bond motifs is 1. The average Bonchev–Trinajstić information content (AvgIpc) is 2.27. The molecule has 0 aliphatic heterocycles. The molecule has 0 fully saturated rings. The zero-order chi connectivity index (χ0) is 12.6. The maximum absolute atomic E-state index is 11.5. The first-order valence-corrected chi connectivity index (χ1v) is 5.39. The van der Waals surface area contributed by atoms with E-state index in [1.165, 1.54) is 6.07 Å². The first-order chi connectivity index (χ1) is 7.99. The van der Waals surface area contributed by atoms with Gasteiger partial charge in [0.25, 0.3) is 5.56 Å². The molecule has 2 aromatic rings. The molecule has 0 aliphatic carbocycles. The summed E-state index contributed by atoms with van der Waals surface area (Å²) < 4.78 is 0. The molecule has 2 N–H and O–H groups in total. The lowest BCUT2D eigenvalue weighted by molar-refractivity contribution is 0.0695. The number of nitrogens with one attached hydrogen (secondary N) is 1. The second kappa shape index (κ2) is 4.05. The fraction of sp³-hybridized carbons (Fsp3) is 0.231. The Hall–Kier alpha value is -2.10. The second-order valence-corrected chi connectivity index (χ2v) is 4.32. The first-order valence-electron chi connectivity index (χ1n) is 5.39. The van der Waals surface area contributed by atoms with Crippen LogP contribution in [0.3, 0.4) is 0 Å². The Bertz CT molecular complexity index is 641. The standard InChI is InChI=1S/C13H13NO3/c1-7(2)8-3-4-11-9(5-8)6-10(13(16)17)12(15)14-11/h3-7H,1-2H3,(H,14,15)(H,16,17). The van der Waals surface area contributed by atoms with E-state index in [0.717, 1.165) is 10.9 Å². The van der Waals surface area contributed by atoms with Gasteiger partial charge in [-0.15, -0.1) is 0 Å². The van der Waals surface area contributed by atoms with Gasteiger partial charge in [-0.25, -0.2) is 4.79 Å². The van der Waals surface area contributed by atoms with Gasteiger partial charge in [-0.3, -0.25) is 4.79 Å². The molecular weight excluding hydrogens is 218 g/mol. The minimum absolute atomic E-state index is 0.224. The predicted octanol–water partition coefficient (Wildman–Crippen LogP) is 2.35. The van der Waals surface area contributed by atoms with E-state index in [0.29, 0.717) is 11.4 Å². The lowest BCUT2D eigenvalue weighted by Crippen LogP contribution is -2.16. The van der Waals surface area contributed by atoms with E-state index < -0.39 is 11.5 Å². The van der Waals surface area contributed by atoms with Crippen molar-refractivity contribution < 1.29 is 9.90 Å². The largest absolute Gasteiger partial charge is 0.477 e. The fourth-order valence-electron chi connectivity index (χ4n) is 1.74. The van der Waals surface area contributed by atoms with Crippen LogP contribution in [0.5, 0.6) is 0 Å². The quantitative estimate of drug-likeness (QED) is 0.833. The average molecular weight is 231 g/mol. The van der Waals surface area contributed by atoms with Gasteiger partial charge in [0.15, 0.2) is 0 Å². The Morgan fingerprint density at radius 1 is 1.29 bits per heavy atom. The molecule has 0 saturated heterocycles. The van der Waals surface area contributed by atoms with E-state index in [9.17, 15) is 9.59 Å². The number of benzene rings is 1. The molecule has 0 atom stereocenters. The molecule has 0 radical (unpaired) electrons. The Morgan fingerprint density at radius 2 is 2.00 bits per heavy atom. The lowest BCUT2D eigenvalue weighted by Gasteiger charge is -2.07. The van der Waals surface area contributed by atoms with Crippen molar-refractivity contribution in [2.75, 3.05) is 0 Å². The minimum atomic E-state index is -1.21. The predicted molar refractivity (Wildman–Crippen MR) is 65.6 cm³/mol. The van der Waals surface area contributed by atoms with Gasteiger partial charge in [0.1, 0.15) is 5.56 Å². The summed E-state index contributed by atoms with van der Waals surface area (Å²) in [5.74, 6) is -0.845. The molecule has 1 heterocycles. The zero-order valence-corrected chi connectivity index (χ0v) is 9.65. The Kier molecular flexibility index (Phi) is 2.71.